The van der Waals surface area contributed by atoms with Gasteiger partial charge < -0.3 is 4.74 Å². The minimum Gasteiger partial charge on any atom is -0.490 e. The van der Waals surface area contributed by atoms with Crippen LogP contribution >= 0.6 is 23.2 Å². The van der Waals surface area contributed by atoms with Crippen molar-refractivity contribution in [2.24, 2.45) is 5.84 Å². The Labute approximate surface area is 134 Å². The lowest BCUT2D eigenvalue weighted by Gasteiger charge is -2.19. The highest BCUT2D eigenvalue weighted by atomic mass is 35.5. The van der Waals surface area contributed by atoms with E-state index in [0.717, 1.165) is 29.7 Å². The third-order valence-corrected chi connectivity index (χ3v) is 4.31. The van der Waals surface area contributed by atoms with Gasteiger partial charge >= 0.3 is 0 Å². The van der Waals surface area contributed by atoms with Crippen molar-refractivity contribution in [2.75, 3.05) is 0 Å². The molecule has 1 aliphatic carbocycles. The quantitative estimate of drug-likeness (QED) is 0.644. The number of nitrogens with one attached hydrogen (secondary N) is 1. The fourth-order valence-electron chi connectivity index (χ4n) is 2.25. The zero-order valence-corrected chi connectivity index (χ0v) is 12.9. The van der Waals surface area contributed by atoms with Crippen LogP contribution < -0.4 is 16.0 Å². The van der Waals surface area contributed by atoms with Crippen LogP contribution in [0.1, 0.15) is 30.0 Å². The molecule has 2 aromatic carbocycles. The molecular weight excluding hydrogens is 307 g/mol. The van der Waals surface area contributed by atoms with Gasteiger partial charge in [0.25, 0.3) is 0 Å². The second-order valence-electron chi connectivity index (χ2n) is 5.13. The fraction of sp³-hybridized carbons (Fsp3) is 0.250. The SMILES string of the molecule is NNC(c1cccc(OC2CC2)c1)c1cccc(Cl)c1Cl. The lowest BCUT2D eigenvalue weighted by Crippen LogP contribution is -2.29. The van der Waals surface area contributed by atoms with E-state index in [1.165, 1.54) is 0 Å². The molecule has 1 aliphatic rings. The molecule has 3 N–H and O–H groups in total. The third kappa shape index (κ3) is 3.33. The van der Waals surface area contributed by atoms with Crippen molar-refractivity contribution in [2.45, 2.75) is 25.0 Å². The summed E-state index contributed by atoms with van der Waals surface area (Å²) in [5.74, 6) is 6.58. The number of hydrazine groups is 1. The van der Waals surface area contributed by atoms with Gasteiger partial charge in [0.1, 0.15) is 5.75 Å². The molecule has 0 saturated heterocycles. The van der Waals surface area contributed by atoms with Crippen LogP contribution in [0.2, 0.25) is 10.0 Å². The Hall–Kier alpha value is -1.26. The number of rotatable bonds is 5. The third-order valence-electron chi connectivity index (χ3n) is 3.48. The molecule has 0 heterocycles. The van der Waals surface area contributed by atoms with Gasteiger partial charge in [-0.05, 0) is 42.2 Å². The standard InChI is InChI=1S/C16H16Cl2N2O/c17-14-6-2-5-13(15(14)18)16(20-19)10-3-1-4-12(9-10)21-11-7-8-11/h1-6,9,11,16,20H,7-8,19H2. The van der Waals surface area contributed by atoms with E-state index in [-0.39, 0.29) is 6.04 Å². The second kappa shape index (κ2) is 6.24. The number of hydrogen-bond donors (Lipinski definition) is 2. The van der Waals surface area contributed by atoms with Crippen LogP contribution in [0, 0.1) is 0 Å². The molecule has 0 radical (unpaired) electrons. The first kappa shape index (κ1) is 14.7. The summed E-state index contributed by atoms with van der Waals surface area (Å²) >= 11 is 12.4. The molecule has 21 heavy (non-hydrogen) atoms. The van der Waals surface area contributed by atoms with Crippen molar-refractivity contribution >= 4 is 23.2 Å². The van der Waals surface area contributed by atoms with E-state index in [9.17, 15) is 0 Å². The Bertz CT molecular complexity index is 644. The molecule has 1 saturated carbocycles. The van der Waals surface area contributed by atoms with Crippen molar-refractivity contribution in [3.63, 3.8) is 0 Å². The number of ether oxygens (including phenoxy) is 1. The first-order chi connectivity index (χ1) is 10.2. The first-order valence-corrected chi connectivity index (χ1v) is 7.61. The number of halogens is 2. The van der Waals surface area contributed by atoms with Gasteiger partial charge in [-0.3, -0.25) is 5.84 Å². The highest BCUT2D eigenvalue weighted by Crippen LogP contribution is 2.34. The van der Waals surface area contributed by atoms with Gasteiger partial charge in [0.15, 0.2) is 0 Å². The first-order valence-electron chi connectivity index (χ1n) is 6.85. The summed E-state index contributed by atoms with van der Waals surface area (Å²) in [5.41, 5.74) is 4.63. The number of benzene rings is 2. The zero-order valence-electron chi connectivity index (χ0n) is 11.4. The molecule has 2 aromatic rings. The molecule has 1 fully saturated rings. The lowest BCUT2D eigenvalue weighted by molar-refractivity contribution is 0.302. The smallest absolute Gasteiger partial charge is 0.120 e. The van der Waals surface area contributed by atoms with E-state index in [4.69, 9.17) is 33.8 Å². The van der Waals surface area contributed by atoms with Crippen LogP contribution in [0.25, 0.3) is 0 Å². The Kier molecular flexibility index (Phi) is 4.36. The molecule has 0 aliphatic heterocycles. The molecule has 1 atom stereocenters. The summed E-state index contributed by atoms with van der Waals surface area (Å²) in [4.78, 5) is 0. The van der Waals surface area contributed by atoms with E-state index < -0.39 is 0 Å². The average molecular weight is 323 g/mol. The second-order valence-corrected chi connectivity index (χ2v) is 5.92. The van der Waals surface area contributed by atoms with Crippen LogP contribution in [0.3, 0.4) is 0 Å². The van der Waals surface area contributed by atoms with Gasteiger partial charge in [-0.15, -0.1) is 0 Å². The predicted molar refractivity (Wildman–Crippen MR) is 85.7 cm³/mol. The summed E-state index contributed by atoms with van der Waals surface area (Å²) < 4.78 is 5.82. The van der Waals surface area contributed by atoms with Crippen LogP contribution in [0.5, 0.6) is 5.75 Å². The Morgan fingerprint density at radius 3 is 2.62 bits per heavy atom. The van der Waals surface area contributed by atoms with Crippen molar-refractivity contribution in [1.82, 2.24) is 5.43 Å². The Morgan fingerprint density at radius 1 is 1.14 bits per heavy atom. The van der Waals surface area contributed by atoms with Crippen LogP contribution in [-0.4, -0.2) is 6.10 Å². The van der Waals surface area contributed by atoms with Gasteiger partial charge in [-0.1, -0.05) is 47.5 Å². The topological polar surface area (TPSA) is 47.3 Å². The minimum absolute atomic E-state index is 0.237. The molecule has 0 bridgehead atoms. The van der Waals surface area contributed by atoms with Crippen molar-refractivity contribution in [3.05, 3.63) is 63.6 Å². The summed E-state index contributed by atoms with van der Waals surface area (Å²) in [6.07, 6.45) is 2.62. The Balaban J connectivity index is 1.93. The highest BCUT2D eigenvalue weighted by Gasteiger charge is 2.24. The predicted octanol–water partition coefficient (Wildman–Crippen LogP) is 4.09. The Morgan fingerprint density at radius 2 is 1.90 bits per heavy atom. The van der Waals surface area contributed by atoms with Crippen LogP contribution in [0.4, 0.5) is 0 Å². The minimum atomic E-state index is -0.237. The largest absolute Gasteiger partial charge is 0.490 e. The summed E-state index contributed by atoms with van der Waals surface area (Å²) in [6, 6.07) is 13.2. The van der Waals surface area contributed by atoms with Gasteiger partial charge in [0, 0.05) is 0 Å². The fourth-order valence-corrected chi connectivity index (χ4v) is 2.67. The highest BCUT2D eigenvalue weighted by molar-refractivity contribution is 6.42. The summed E-state index contributed by atoms with van der Waals surface area (Å²) in [5, 5.41) is 1.02. The van der Waals surface area contributed by atoms with E-state index in [1.54, 1.807) is 6.07 Å². The molecule has 1 unspecified atom stereocenters. The van der Waals surface area contributed by atoms with E-state index in [0.29, 0.717) is 16.1 Å². The van der Waals surface area contributed by atoms with Gasteiger partial charge in [-0.2, -0.15) is 0 Å². The van der Waals surface area contributed by atoms with Gasteiger partial charge in [-0.25, -0.2) is 5.43 Å². The molecule has 3 rings (SSSR count). The maximum absolute atomic E-state index is 6.29. The van der Waals surface area contributed by atoms with E-state index in [1.807, 2.05) is 36.4 Å². The van der Waals surface area contributed by atoms with Gasteiger partial charge in [0.2, 0.25) is 0 Å². The average Bonchev–Trinajstić information content (AvgIpc) is 3.29. The van der Waals surface area contributed by atoms with Crippen LogP contribution in [-0.2, 0) is 0 Å². The van der Waals surface area contributed by atoms with Crippen molar-refractivity contribution < 1.29 is 4.74 Å². The summed E-state index contributed by atoms with van der Waals surface area (Å²) in [7, 11) is 0. The van der Waals surface area contributed by atoms with Crippen LogP contribution in [0.15, 0.2) is 42.5 Å². The molecule has 0 amide bonds. The maximum atomic E-state index is 6.29. The number of hydrogen-bond acceptors (Lipinski definition) is 3. The molecule has 3 nitrogen and oxygen atoms in total. The van der Waals surface area contributed by atoms with E-state index >= 15 is 0 Å². The molecule has 5 heteroatoms. The molecule has 0 spiro atoms. The maximum Gasteiger partial charge on any atom is 0.120 e. The molecule has 110 valence electrons. The molecule has 0 aromatic heterocycles. The lowest BCUT2D eigenvalue weighted by atomic mass is 9.99. The monoisotopic (exact) mass is 322 g/mol. The molecular formula is C16H16Cl2N2O. The van der Waals surface area contributed by atoms with Gasteiger partial charge in [0.05, 0.1) is 22.2 Å². The van der Waals surface area contributed by atoms with E-state index in [2.05, 4.69) is 5.43 Å². The van der Waals surface area contributed by atoms with Crippen molar-refractivity contribution in [3.8, 4) is 5.75 Å². The zero-order chi connectivity index (χ0) is 14.8. The normalized spacial score (nSPS) is 15.8. The van der Waals surface area contributed by atoms with Crippen molar-refractivity contribution in [1.29, 1.82) is 0 Å². The summed E-state index contributed by atoms with van der Waals surface area (Å²) in [6.45, 7) is 0. The number of nitrogens with two attached hydrogens (primary N) is 1.